The first-order chi connectivity index (χ1) is 15.8. The second-order valence-electron chi connectivity index (χ2n) is 9.59. The van der Waals surface area contributed by atoms with Gasteiger partial charge in [-0.15, -0.1) is 0 Å². The Labute approximate surface area is 201 Å². The molecule has 0 saturated heterocycles. The highest BCUT2D eigenvalue weighted by Crippen LogP contribution is 2.48. The molecule has 1 N–H and O–H groups in total. The van der Waals surface area contributed by atoms with E-state index < -0.39 is 5.41 Å². The Morgan fingerprint density at radius 1 is 1.00 bits per heavy atom. The predicted octanol–water partition coefficient (Wildman–Crippen LogP) is 5.78. The van der Waals surface area contributed by atoms with Gasteiger partial charge in [-0.3, -0.25) is 14.4 Å². The lowest BCUT2D eigenvalue weighted by Crippen LogP contribution is -2.43. The summed E-state index contributed by atoms with van der Waals surface area (Å²) in [5.74, 6) is -0.257. The minimum Gasteiger partial charge on any atom is -0.466 e. The molecule has 0 bridgehead atoms. The molecule has 1 rings (SSSR count). The number of esters is 2. The highest BCUT2D eigenvalue weighted by Gasteiger charge is 2.55. The van der Waals surface area contributed by atoms with Crippen LogP contribution in [0, 0.1) is 17.3 Å². The third kappa shape index (κ3) is 9.38. The monoisotopic (exact) mass is 468 g/mol. The Bertz CT molecular complexity index is 589. The van der Waals surface area contributed by atoms with Crippen LogP contribution in [0.25, 0.3) is 0 Å². The lowest BCUT2D eigenvalue weighted by Gasteiger charge is -2.33. The van der Waals surface area contributed by atoms with Crippen molar-refractivity contribution in [2.24, 2.45) is 17.3 Å². The van der Waals surface area contributed by atoms with Crippen molar-refractivity contribution in [1.29, 1.82) is 0 Å². The van der Waals surface area contributed by atoms with Crippen molar-refractivity contribution in [2.45, 2.75) is 124 Å². The lowest BCUT2D eigenvalue weighted by molar-refractivity contribution is -0.162. The number of ether oxygens (including phenoxy) is 2. The van der Waals surface area contributed by atoms with Gasteiger partial charge in [0.2, 0.25) is 0 Å². The highest BCUT2D eigenvalue weighted by molar-refractivity contribution is 6.05. The number of hydrogen-bond donors (Lipinski definition) is 1. The fourth-order valence-electron chi connectivity index (χ4n) is 5.30. The number of hydrogen-bond acceptors (Lipinski definition) is 6. The number of Topliss-reactive ketones (excluding diaryl/α,β-unsaturated/α-hetero) is 1. The summed E-state index contributed by atoms with van der Waals surface area (Å²) in [7, 11) is 0. The van der Waals surface area contributed by atoms with Crippen LogP contribution in [-0.2, 0) is 23.9 Å². The van der Waals surface area contributed by atoms with E-state index in [1.807, 2.05) is 0 Å². The Morgan fingerprint density at radius 3 is 2.36 bits per heavy atom. The molecule has 0 aromatic heterocycles. The molecule has 4 atom stereocenters. The van der Waals surface area contributed by atoms with Gasteiger partial charge in [-0.1, -0.05) is 39.5 Å². The van der Waals surface area contributed by atoms with Crippen molar-refractivity contribution in [3.05, 3.63) is 0 Å². The summed E-state index contributed by atoms with van der Waals surface area (Å²) >= 11 is 0. The summed E-state index contributed by atoms with van der Waals surface area (Å²) in [4.78, 5) is 37.9. The number of ketones is 1. The van der Waals surface area contributed by atoms with Crippen molar-refractivity contribution < 1.29 is 29.0 Å². The van der Waals surface area contributed by atoms with E-state index in [1.54, 1.807) is 13.8 Å². The fraction of sp³-hybridized carbons (Fsp3) is 0.889. The van der Waals surface area contributed by atoms with Gasteiger partial charge in [-0.05, 0) is 77.0 Å². The van der Waals surface area contributed by atoms with Gasteiger partial charge in [0.25, 0.3) is 0 Å². The summed E-state index contributed by atoms with van der Waals surface area (Å²) in [5, 5.41) is 10.4. The second-order valence-corrected chi connectivity index (χ2v) is 9.59. The maximum atomic E-state index is 13.2. The fourth-order valence-corrected chi connectivity index (χ4v) is 5.30. The second kappa shape index (κ2) is 16.2. The maximum Gasteiger partial charge on any atom is 0.319 e. The van der Waals surface area contributed by atoms with Crippen molar-refractivity contribution >= 4 is 17.7 Å². The number of rotatable bonds is 18. The van der Waals surface area contributed by atoms with Gasteiger partial charge in [0.1, 0.15) is 11.2 Å². The molecule has 1 saturated carbocycles. The van der Waals surface area contributed by atoms with Crippen LogP contribution in [0.3, 0.4) is 0 Å². The summed E-state index contributed by atoms with van der Waals surface area (Å²) in [5.41, 5.74) is -1.08. The van der Waals surface area contributed by atoms with Crippen LogP contribution < -0.4 is 0 Å². The summed E-state index contributed by atoms with van der Waals surface area (Å²) in [6.45, 7) is 8.51. The molecule has 33 heavy (non-hydrogen) atoms. The van der Waals surface area contributed by atoms with Crippen molar-refractivity contribution in [3.63, 3.8) is 0 Å². The Hall–Kier alpha value is -1.43. The molecule has 0 heterocycles. The number of aliphatic hydroxyl groups excluding tert-OH is 1. The summed E-state index contributed by atoms with van der Waals surface area (Å²) in [6, 6.07) is 0. The highest BCUT2D eigenvalue weighted by atomic mass is 16.5. The van der Waals surface area contributed by atoms with Crippen LogP contribution in [0.1, 0.15) is 118 Å². The Morgan fingerprint density at radius 2 is 1.73 bits per heavy atom. The molecule has 6 heteroatoms. The zero-order valence-corrected chi connectivity index (χ0v) is 21.5. The molecule has 6 nitrogen and oxygen atoms in total. The first-order valence-corrected chi connectivity index (χ1v) is 13.4. The standard InChI is InChI=1S/C27H48O6/c1-5-9-10-13-23(28)17-15-22-16-18-24(29)27(22,26(31)33-8-4)20-19-21(6-2)12-11-14-25(30)32-7-3/h21-23,28H,5-20H2,1-4H3. The van der Waals surface area contributed by atoms with Crippen molar-refractivity contribution in [3.8, 4) is 0 Å². The smallest absolute Gasteiger partial charge is 0.319 e. The third-order valence-corrected chi connectivity index (χ3v) is 7.37. The minimum atomic E-state index is -1.08. The number of carbonyl (C=O) groups excluding carboxylic acids is 3. The molecule has 0 spiro atoms. The van der Waals surface area contributed by atoms with Crippen LogP contribution in [0.4, 0.5) is 0 Å². The van der Waals surface area contributed by atoms with Crippen LogP contribution in [0.2, 0.25) is 0 Å². The molecule has 192 valence electrons. The van der Waals surface area contributed by atoms with Crippen molar-refractivity contribution in [2.75, 3.05) is 13.2 Å². The molecule has 1 fully saturated rings. The van der Waals surface area contributed by atoms with Crippen LogP contribution in [0.15, 0.2) is 0 Å². The first kappa shape index (κ1) is 29.6. The third-order valence-electron chi connectivity index (χ3n) is 7.37. The Kier molecular flexibility index (Phi) is 14.6. The molecule has 0 aliphatic heterocycles. The lowest BCUT2D eigenvalue weighted by atomic mass is 9.70. The Balaban J connectivity index is 2.80. The number of carbonyl (C=O) groups is 3. The van der Waals surface area contributed by atoms with Gasteiger partial charge >= 0.3 is 11.9 Å². The molecule has 1 aliphatic carbocycles. The average molecular weight is 469 g/mol. The number of unbranched alkanes of at least 4 members (excludes halogenated alkanes) is 2. The van der Waals surface area contributed by atoms with E-state index in [0.717, 1.165) is 51.4 Å². The van der Waals surface area contributed by atoms with Crippen LogP contribution in [0.5, 0.6) is 0 Å². The summed E-state index contributed by atoms with van der Waals surface area (Å²) in [6.07, 6.45) is 10.3. The normalized spacial score (nSPS) is 22.2. The zero-order chi connectivity index (χ0) is 24.7. The van der Waals surface area contributed by atoms with Gasteiger partial charge < -0.3 is 14.6 Å². The van der Waals surface area contributed by atoms with E-state index in [0.29, 0.717) is 51.0 Å². The van der Waals surface area contributed by atoms with Crippen molar-refractivity contribution in [1.82, 2.24) is 0 Å². The molecule has 0 aromatic carbocycles. The molecule has 0 aromatic rings. The van der Waals surface area contributed by atoms with Gasteiger partial charge in [0.15, 0.2) is 0 Å². The first-order valence-electron chi connectivity index (χ1n) is 13.4. The maximum absolute atomic E-state index is 13.2. The minimum absolute atomic E-state index is 0.00722. The predicted molar refractivity (Wildman–Crippen MR) is 130 cm³/mol. The quantitative estimate of drug-likeness (QED) is 0.156. The van der Waals surface area contributed by atoms with E-state index >= 15 is 0 Å². The topological polar surface area (TPSA) is 89.9 Å². The van der Waals surface area contributed by atoms with E-state index in [9.17, 15) is 19.5 Å². The van der Waals surface area contributed by atoms with Gasteiger partial charge in [-0.2, -0.15) is 0 Å². The molecule has 0 radical (unpaired) electrons. The summed E-state index contributed by atoms with van der Waals surface area (Å²) < 4.78 is 10.5. The molecular formula is C27H48O6. The zero-order valence-electron chi connectivity index (χ0n) is 21.5. The molecule has 1 aliphatic rings. The van der Waals surface area contributed by atoms with E-state index in [2.05, 4.69) is 13.8 Å². The van der Waals surface area contributed by atoms with E-state index in [4.69, 9.17) is 9.47 Å². The largest absolute Gasteiger partial charge is 0.466 e. The van der Waals surface area contributed by atoms with E-state index in [1.165, 1.54) is 0 Å². The molecule has 4 unspecified atom stereocenters. The average Bonchev–Trinajstić information content (AvgIpc) is 3.11. The van der Waals surface area contributed by atoms with Gasteiger partial charge in [-0.25, -0.2) is 0 Å². The van der Waals surface area contributed by atoms with Gasteiger partial charge in [0, 0.05) is 12.8 Å². The SMILES string of the molecule is CCCCCC(O)CCC1CCC(=O)C1(CCC(CC)CCCC(=O)OCC)C(=O)OCC. The van der Waals surface area contributed by atoms with E-state index in [-0.39, 0.29) is 36.4 Å². The number of aliphatic hydroxyl groups is 1. The van der Waals surface area contributed by atoms with Crippen LogP contribution >= 0.6 is 0 Å². The molecule has 0 amide bonds. The van der Waals surface area contributed by atoms with Gasteiger partial charge in [0.05, 0.1) is 19.3 Å². The van der Waals surface area contributed by atoms with Crippen LogP contribution in [-0.4, -0.2) is 42.1 Å². The molecular weight excluding hydrogens is 420 g/mol.